The van der Waals surface area contributed by atoms with Gasteiger partial charge in [-0.25, -0.2) is 4.98 Å². The van der Waals surface area contributed by atoms with Crippen LogP contribution in [0.5, 0.6) is 0 Å². The first kappa shape index (κ1) is 15.4. The minimum atomic E-state index is -0.464. The molecule has 0 saturated carbocycles. The summed E-state index contributed by atoms with van der Waals surface area (Å²) in [6.45, 7) is 8.64. The van der Waals surface area contributed by atoms with Gasteiger partial charge in [0.15, 0.2) is 12.0 Å². The summed E-state index contributed by atoms with van der Waals surface area (Å²) < 4.78 is 17.0. The summed E-state index contributed by atoms with van der Waals surface area (Å²) in [5.74, 6) is 0. The second-order valence-electron chi connectivity index (χ2n) is 5.22. The van der Waals surface area contributed by atoms with Gasteiger partial charge in [-0.15, -0.1) is 0 Å². The summed E-state index contributed by atoms with van der Waals surface area (Å²) in [7, 11) is -0.464. The third-order valence-corrected chi connectivity index (χ3v) is 3.56. The van der Waals surface area contributed by atoms with Crippen molar-refractivity contribution < 1.29 is 13.7 Å². The lowest BCUT2D eigenvalue weighted by Crippen LogP contribution is -2.43. The Kier molecular flexibility index (Phi) is 4.73. The number of rotatable bonds is 6. The Morgan fingerprint density at radius 3 is 2.75 bits per heavy atom. The standard InChI is InChI=1S/C14H19BClNO3/c1-5-14(3,4)20-15(19-6-2)10-7-11(16)13-12(8-10)17-9-18-13/h7-9H,5-6H2,1-4H3. The van der Waals surface area contributed by atoms with Crippen molar-refractivity contribution in [1.82, 2.24) is 4.98 Å². The minimum Gasteiger partial charge on any atom is -0.442 e. The molecule has 0 radical (unpaired) electrons. The number of fused-ring (bicyclic) bond motifs is 1. The van der Waals surface area contributed by atoms with Gasteiger partial charge in [0.2, 0.25) is 0 Å². The fourth-order valence-corrected chi connectivity index (χ4v) is 2.07. The van der Waals surface area contributed by atoms with Gasteiger partial charge < -0.3 is 13.7 Å². The number of hydrogen-bond donors (Lipinski definition) is 0. The molecule has 0 saturated heterocycles. The molecule has 0 amide bonds. The highest BCUT2D eigenvalue weighted by Crippen LogP contribution is 2.22. The van der Waals surface area contributed by atoms with E-state index in [4.69, 9.17) is 25.3 Å². The molecule has 1 heterocycles. The van der Waals surface area contributed by atoms with Crippen LogP contribution in [0.3, 0.4) is 0 Å². The first-order valence-corrected chi connectivity index (χ1v) is 7.16. The van der Waals surface area contributed by atoms with E-state index in [1.807, 2.05) is 26.8 Å². The average molecular weight is 296 g/mol. The van der Waals surface area contributed by atoms with Crippen LogP contribution in [0.2, 0.25) is 5.02 Å². The SMILES string of the molecule is CCOB(OC(C)(C)CC)c1cc(Cl)c2ocnc2c1. The molecule has 4 nitrogen and oxygen atoms in total. The molecule has 0 aliphatic heterocycles. The number of nitrogens with zero attached hydrogens (tertiary/aromatic N) is 1. The van der Waals surface area contributed by atoms with Crippen molar-refractivity contribution in [2.24, 2.45) is 0 Å². The Hall–Kier alpha value is -1.04. The minimum absolute atomic E-state index is 0.273. The summed E-state index contributed by atoms with van der Waals surface area (Å²) in [5.41, 5.74) is 1.86. The van der Waals surface area contributed by atoms with E-state index < -0.39 is 7.12 Å². The molecule has 0 bridgehead atoms. The Morgan fingerprint density at radius 1 is 1.35 bits per heavy atom. The van der Waals surface area contributed by atoms with Crippen molar-refractivity contribution in [3.63, 3.8) is 0 Å². The fourth-order valence-electron chi connectivity index (χ4n) is 1.81. The molecule has 0 N–H and O–H groups in total. The van der Waals surface area contributed by atoms with Gasteiger partial charge in [0.05, 0.1) is 5.02 Å². The molecule has 0 unspecified atom stereocenters. The number of oxazole rings is 1. The van der Waals surface area contributed by atoms with E-state index in [1.165, 1.54) is 6.39 Å². The molecule has 0 aliphatic rings. The largest absolute Gasteiger partial charge is 0.494 e. The number of halogens is 1. The van der Waals surface area contributed by atoms with Crippen LogP contribution in [0.4, 0.5) is 0 Å². The molecule has 1 aromatic carbocycles. The Labute approximate surface area is 124 Å². The van der Waals surface area contributed by atoms with Crippen LogP contribution < -0.4 is 5.46 Å². The van der Waals surface area contributed by atoms with Crippen molar-refractivity contribution >= 4 is 35.3 Å². The molecule has 108 valence electrons. The van der Waals surface area contributed by atoms with Crippen LogP contribution in [0.1, 0.15) is 34.1 Å². The second kappa shape index (κ2) is 6.16. The van der Waals surface area contributed by atoms with E-state index >= 15 is 0 Å². The molecule has 0 aliphatic carbocycles. The summed E-state index contributed by atoms with van der Waals surface area (Å²) >= 11 is 6.21. The van der Waals surface area contributed by atoms with E-state index in [0.29, 0.717) is 22.7 Å². The van der Waals surface area contributed by atoms with Crippen molar-refractivity contribution in [3.05, 3.63) is 23.5 Å². The normalized spacial score (nSPS) is 12.1. The number of aromatic nitrogens is 1. The van der Waals surface area contributed by atoms with E-state index in [1.54, 1.807) is 6.07 Å². The smallest absolute Gasteiger partial charge is 0.442 e. The average Bonchev–Trinajstić information content (AvgIpc) is 2.87. The predicted octanol–water partition coefficient (Wildman–Crippen LogP) is 3.42. The van der Waals surface area contributed by atoms with Crippen LogP contribution in [-0.4, -0.2) is 24.3 Å². The van der Waals surface area contributed by atoms with Crippen molar-refractivity contribution in [3.8, 4) is 0 Å². The van der Waals surface area contributed by atoms with Gasteiger partial charge in [-0.3, -0.25) is 0 Å². The van der Waals surface area contributed by atoms with Crippen LogP contribution in [0.25, 0.3) is 11.1 Å². The van der Waals surface area contributed by atoms with Crippen LogP contribution in [-0.2, 0) is 9.31 Å². The lowest BCUT2D eigenvalue weighted by atomic mass is 9.77. The number of hydrogen-bond acceptors (Lipinski definition) is 4. The maximum Gasteiger partial charge on any atom is 0.494 e. The van der Waals surface area contributed by atoms with Crippen molar-refractivity contribution in [2.45, 2.75) is 39.7 Å². The highest BCUT2D eigenvalue weighted by Gasteiger charge is 2.30. The van der Waals surface area contributed by atoms with Crippen molar-refractivity contribution in [2.75, 3.05) is 6.61 Å². The molecule has 6 heteroatoms. The van der Waals surface area contributed by atoms with Crippen LogP contribution >= 0.6 is 11.6 Å². The fraction of sp³-hybridized carbons (Fsp3) is 0.500. The molecular weight excluding hydrogens is 276 g/mol. The van der Waals surface area contributed by atoms with Gasteiger partial charge in [-0.05, 0) is 44.8 Å². The van der Waals surface area contributed by atoms with Crippen LogP contribution in [0, 0.1) is 0 Å². The molecule has 20 heavy (non-hydrogen) atoms. The van der Waals surface area contributed by atoms with E-state index in [-0.39, 0.29) is 5.60 Å². The zero-order valence-corrected chi connectivity index (χ0v) is 13.0. The first-order valence-electron chi connectivity index (χ1n) is 6.79. The maximum absolute atomic E-state index is 6.21. The predicted molar refractivity (Wildman–Crippen MR) is 81.5 cm³/mol. The molecule has 0 fully saturated rings. The van der Waals surface area contributed by atoms with Gasteiger partial charge in [0.1, 0.15) is 5.52 Å². The lowest BCUT2D eigenvalue weighted by Gasteiger charge is -2.28. The van der Waals surface area contributed by atoms with E-state index in [2.05, 4.69) is 11.9 Å². The zero-order chi connectivity index (χ0) is 14.8. The monoisotopic (exact) mass is 295 g/mol. The quantitative estimate of drug-likeness (QED) is 0.766. The molecular formula is C14H19BClNO3. The number of benzene rings is 1. The first-order chi connectivity index (χ1) is 9.46. The zero-order valence-electron chi connectivity index (χ0n) is 12.3. The second-order valence-corrected chi connectivity index (χ2v) is 5.63. The van der Waals surface area contributed by atoms with Gasteiger partial charge >= 0.3 is 7.12 Å². The molecule has 1 aromatic heterocycles. The van der Waals surface area contributed by atoms with Gasteiger partial charge in [-0.1, -0.05) is 18.5 Å². The topological polar surface area (TPSA) is 44.5 Å². The molecule has 2 aromatic rings. The van der Waals surface area contributed by atoms with Gasteiger partial charge in [0, 0.05) is 12.2 Å². The summed E-state index contributed by atoms with van der Waals surface area (Å²) in [5, 5.41) is 0.512. The summed E-state index contributed by atoms with van der Waals surface area (Å²) in [6.07, 6.45) is 2.27. The molecule has 0 atom stereocenters. The highest BCUT2D eigenvalue weighted by molar-refractivity contribution is 6.62. The Balaban J connectivity index is 2.35. The van der Waals surface area contributed by atoms with Gasteiger partial charge in [-0.2, -0.15) is 0 Å². The van der Waals surface area contributed by atoms with E-state index in [0.717, 1.165) is 11.9 Å². The highest BCUT2D eigenvalue weighted by atomic mass is 35.5. The molecule has 0 spiro atoms. The Morgan fingerprint density at radius 2 is 2.10 bits per heavy atom. The maximum atomic E-state index is 6.21. The van der Waals surface area contributed by atoms with E-state index in [9.17, 15) is 0 Å². The van der Waals surface area contributed by atoms with Crippen molar-refractivity contribution in [1.29, 1.82) is 0 Å². The van der Waals surface area contributed by atoms with Crippen LogP contribution in [0.15, 0.2) is 22.9 Å². The third-order valence-electron chi connectivity index (χ3n) is 3.28. The van der Waals surface area contributed by atoms with Gasteiger partial charge in [0.25, 0.3) is 0 Å². The third kappa shape index (κ3) is 3.34. The lowest BCUT2D eigenvalue weighted by molar-refractivity contribution is 0.0706. The molecule has 2 rings (SSSR count). The summed E-state index contributed by atoms with van der Waals surface area (Å²) in [6, 6.07) is 3.69. The Bertz CT molecular complexity index is 585. The summed E-state index contributed by atoms with van der Waals surface area (Å²) in [4.78, 5) is 4.14.